The lowest BCUT2D eigenvalue weighted by Gasteiger charge is -2.19. The van der Waals surface area contributed by atoms with Gasteiger partial charge in [-0.25, -0.2) is 4.79 Å². The van der Waals surface area contributed by atoms with Crippen molar-refractivity contribution >= 4 is 51.8 Å². The fourth-order valence-electron chi connectivity index (χ4n) is 3.69. The van der Waals surface area contributed by atoms with Crippen LogP contribution in [0, 0.1) is 0 Å². The first-order valence-corrected chi connectivity index (χ1v) is 10.1. The molecule has 3 N–H and O–H groups in total. The van der Waals surface area contributed by atoms with Crippen LogP contribution in [0.25, 0.3) is 43.9 Å². The maximum Gasteiger partial charge on any atom is 0.336 e. The number of aromatic hydroxyl groups is 1. The van der Waals surface area contributed by atoms with Crippen LogP contribution in [-0.4, -0.2) is 27.3 Å². The lowest BCUT2D eigenvalue weighted by molar-refractivity contribution is -0.136. The number of aliphatic carboxylic acids is 1. The van der Waals surface area contributed by atoms with Gasteiger partial charge in [-0.1, -0.05) is 40.4 Å². The Balaban J connectivity index is 2.27. The van der Waals surface area contributed by atoms with E-state index in [0.29, 0.717) is 0 Å². The first-order chi connectivity index (χ1) is 16.1. The Kier molecular flexibility index (Phi) is 5.80. The van der Waals surface area contributed by atoms with Crippen molar-refractivity contribution in [3.05, 3.63) is 78.2 Å². The Morgan fingerprint density at radius 1 is 1.06 bits per heavy atom. The molecule has 12 heteroatoms. The third-order valence-electron chi connectivity index (χ3n) is 5.08. The molecule has 4 rings (SSSR count). The first kappa shape index (κ1) is 22.9. The number of benzene rings is 3. The van der Waals surface area contributed by atoms with E-state index in [-0.39, 0.29) is 60.3 Å². The quantitative estimate of drug-likeness (QED) is 0.133. The van der Waals surface area contributed by atoms with Crippen LogP contribution in [0.2, 0.25) is 10.0 Å². The van der Waals surface area contributed by atoms with Crippen molar-refractivity contribution in [2.45, 2.75) is 6.42 Å². The van der Waals surface area contributed by atoms with Crippen LogP contribution in [0.1, 0.15) is 15.9 Å². The minimum atomic E-state index is -1.35. The molecule has 0 amide bonds. The van der Waals surface area contributed by atoms with Crippen LogP contribution in [0.5, 0.6) is 5.75 Å². The third-order valence-corrected chi connectivity index (χ3v) is 5.66. The summed E-state index contributed by atoms with van der Waals surface area (Å²) in [6, 6.07) is 7.59. The molecule has 1 heterocycles. The van der Waals surface area contributed by atoms with Gasteiger partial charge in [0.2, 0.25) is 5.43 Å². The van der Waals surface area contributed by atoms with Gasteiger partial charge in [0.05, 0.1) is 22.0 Å². The van der Waals surface area contributed by atoms with Gasteiger partial charge < -0.3 is 19.7 Å². The molecule has 0 atom stereocenters. The van der Waals surface area contributed by atoms with Crippen molar-refractivity contribution in [2.75, 3.05) is 0 Å². The maximum absolute atomic E-state index is 12.2. The Labute approximate surface area is 199 Å². The molecule has 1 aliphatic heterocycles. The van der Waals surface area contributed by atoms with E-state index in [0.717, 1.165) is 12.1 Å². The van der Waals surface area contributed by atoms with Gasteiger partial charge in [0, 0.05) is 38.7 Å². The number of carboxylic acid groups (broad SMARTS) is 2. The van der Waals surface area contributed by atoms with Crippen molar-refractivity contribution in [2.24, 2.45) is 5.11 Å². The zero-order valence-electron chi connectivity index (χ0n) is 16.7. The number of halogens is 2. The summed E-state index contributed by atoms with van der Waals surface area (Å²) < 4.78 is 5.82. The highest BCUT2D eigenvalue weighted by atomic mass is 35.5. The van der Waals surface area contributed by atoms with Crippen LogP contribution in [0.4, 0.5) is 5.69 Å². The molecule has 0 aromatic heterocycles. The predicted molar refractivity (Wildman–Crippen MR) is 123 cm³/mol. The largest absolute Gasteiger partial charge is 0.506 e. The zero-order chi connectivity index (χ0) is 24.7. The number of carbonyl (C=O) groups is 2. The molecule has 0 fully saturated rings. The fourth-order valence-corrected chi connectivity index (χ4v) is 4.08. The summed E-state index contributed by atoms with van der Waals surface area (Å²) in [6.07, 6.45) is -0.670. The highest BCUT2D eigenvalue weighted by Crippen LogP contribution is 2.46. The fraction of sp³-hybridized carbons (Fsp3) is 0.0455. The average Bonchev–Trinajstić information content (AvgIpc) is 2.77. The number of hydrogen-bond acceptors (Lipinski definition) is 6. The maximum atomic E-state index is 12.2. The van der Waals surface area contributed by atoms with Crippen molar-refractivity contribution in [3.63, 3.8) is 0 Å². The van der Waals surface area contributed by atoms with Gasteiger partial charge in [0.1, 0.15) is 17.1 Å². The summed E-state index contributed by atoms with van der Waals surface area (Å²) >= 11 is 12.2. The molecular weight excluding hydrogens is 489 g/mol. The number of carboxylic acids is 2. The molecule has 0 bridgehead atoms. The number of rotatable bonds is 5. The van der Waals surface area contributed by atoms with Gasteiger partial charge in [-0.2, -0.15) is 0 Å². The molecular formula is C22H11Cl2N3O7. The van der Waals surface area contributed by atoms with E-state index >= 15 is 0 Å². The molecule has 0 spiro atoms. The van der Waals surface area contributed by atoms with E-state index in [9.17, 15) is 29.7 Å². The summed E-state index contributed by atoms with van der Waals surface area (Å²) in [7, 11) is 0. The van der Waals surface area contributed by atoms with E-state index in [4.69, 9.17) is 33.2 Å². The number of phenols is 1. The van der Waals surface area contributed by atoms with Gasteiger partial charge in [-0.3, -0.25) is 9.59 Å². The van der Waals surface area contributed by atoms with Crippen molar-refractivity contribution in [1.82, 2.24) is 0 Å². The number of hydrogen-bond donors (Lipinski definition) is 3. The molecule has 34 heavy (non-hydrogen) atoms. The summed E-state index contributed by atoms with van der Waals surface area (Å²) in [5, 5.41) is 32.9. The third kappa shape index (κ3) is 3.86. The molecule has 1 aliphatic carbocycles. The minimum absolute atomic E-state index is 0.0271. The second-order valence-corrected chi connectivity index (χ2v) is 7.93. The monoisotopic (exact) mass is 499 g/mol. The molecule has 2 aromatic carbocycles. The molecule has 2 aliphatic rings. The van der Waals surface area contributed by atoms with E-state index in [1.807, 2.05) is 0 Å². The van der Waals surface area contributed by atoms with Crippen LogP contribution in [0.3, 0.4) is 0 Å². The van der Waals surface area contributed by atoms with Crippen molar-refractivity contribution in [3.8, 4) is 28.2 Å². The zero-order valence-corrected chi connectivity index (χ0v) is 18.3. The van der Waals surface area contributed by atoms with Gasteiger partial charge in [-0.05, 0) is 29.3 Å². The standard InChI is InChI=1S/C22H11Cl2N3O7/c23-14-4-11-17(7-16(14)28)34-21-12(5-15(24)20(31)13(21)6-18(29)30)19(11)9-2-1-8(26-27-25)3-10(9)22(32)33/h1-5,7,31H,6H2,(H,29,30)(H,32,33). The van der Waals surface area contributed by atoms with E-state index in [1.165, 1.54) is 24.3 Å². The van der Waals surface area contributed by atoms with Gasteiger partial charge >= 0.3 is 11.9 Å². The SMILES string of the molecule is [N-]=[N+]=Nc1ccc(-c2c3cc(Cl)c(=O)cc-3oc3c(CC(=O)O)c(O)c(Cl)cc23)c(C(=O)O)c1. The number of phenolic OH excluding ortho intramolecular Hbond substituents is 1. The molecule has 0 unspecified atom stereocenters. The average molecular weight is 500 g/mol. The van der Waals surface area contributed by atoms with E-state index in [1.54, 1.807) is 0 Å². The highest BCUT2D eigenvalue weighted by molar-refractivity contribution is 6.33. The Bertz CT molecular complexity index is 1610. The lowest BCUT2D eigenvalue weighted by Crippen LogP contribution is -2.06. The molecule has 0 saturated carbocycles. The van der Waals surface area contributed by atoms with Gasteiger partial charge in [0.25, 0.3) is 0 Å². The predicted octanol–water partition coefficient (Wildman–Crippen LogP) is 5.84. The molecule has 2 aromatic rings. The first-order valence-electron chi connectivity index (χ1n) is 9.37. The van der Waals surface area contributed by atoms with Crippen LogP contribution < -0.4 is 5.43 Å². The van der Waals surface area contributed by atoms with Crippen molar-refractivity contribution in [1.29, 1.82) is 0 Å². The van der Waals surface area contributed by atoms with Crippen LogP contribution in [-0.2, 0) is 11.2 Å². The van der Waals surface area contributed by atoms with Crippen LogP contribution in [0.15, 0.2) is 50.7 Å². The molecule has 0 saturated heterocycles. The Morgan fingerprint density at radius 3 is 2.44 bits per heavy atom. The molecule has 0 radical (unpaired) electrons. The summed E-state index contributed by atoms with van der Waals surface area (Å²) in [5.74, 6) is -3.20. The minimum Gasteiger partial charge on any atom is -0.506 e. The second kappa shape index (κ2) is 8.60. The summed E-state index contributed by atoms with van der Waals surface area (Å²) in [4.78, 5) is 38.4. The second-order valence-electron chi connectivity index (χ2n) is 7.11. The highest BCUT2D eigenvalue weighted by Gasteiger charge is 2.26. The smallest absolute Gasteiger partial charge is 0.336 e. The number of fused-ring (bicyclic) bond motifs is 2. The summed E-state index contributed by atoms with van der Waals surface area (Å²) in [5.41, 5.74) is 8.19. The summed E-state index contributed by atoms with van der Waals surface area (Å²) in [6.45, 7) is 0. The number of nitrogens with zero attached hydrogens (tertiary/aromatic N) is 3. The molecule has 10 nitrogen and oxygen atoms in total. The lowest BCUT2D eigenvalue weighted by atomic mass is 9.89. The van der Waals surface area contributed by atoms with E-state index in [2.05, 4.69) is 10.0 Å². The van der Waals surface area contributed by atoms with Gasteiger partial charge in [0.15, 0.2) is 0 Å². The normalized spacial score (nSPS) is 10.9. The Hall–Kier alpha value is -4.24. The molecule has 170 valence electrons. The van der Waals surface area contributed by atoms with Gasteiger partial charge in [-0.15, -0.1) is 0 Å². The topological polar surface area (TPSA) is 174 Å². The Morgan fingerprint density at radius 2 is 1.79 bits per heavy atom. The number of aromatic carboxylic acids is 1. The van der Waals surface area contributed by atoms with Crippen molar-refractivity contribution < 1.29 is 29.3 Å². The number of azide groups is 1. The van der Waals surface area contributed by atoms with E-state index < -0.39 is 29.5 Å². The van der Waals surface area contributed by atoms with Crippen LogP contribution >= 0.6 is 23.2 Å².